The van der Waals surface area contributed by atoms with Gasteiger partial charge in [-0.3, -0.25) is 9.78 Å². The fourth-order valence-electron chi connectivity index (χ4n) is 3.03. The van der Waals surface area contributed by atoms with Gasteiger partial charge in [0.25, 0.3) is 0 Å². The fourth-order valence-corrected chi connectivity index (χ4v) is 3.03. The van der Waals surface area contributed by atoms with E-state index in [1.807, 2.05) is 19.2 Å². The molecular formula is C19H21FN4O. The predicted octanol–water partition coefficient (Wildman–Crippen LogP) is 3.64. The van der Waals surface area contributed by atoms with Crippen LogP contribution in [0.1, 0.15) is 37.2 Å². The second kappa shape index (κ2) is 7.42. The smallest absolute Gasteiger partial charge is 0.223 e. The van der Waals surface area contributed by atoms with E-state index in [4.69, 9.17) is 0 Å². The van der Waals surface area contributed by atoms with Crippen molar-refractivity contribution in [1.29, 1.82) is 0 Å². The maximum Gasteiger partial charge on any atom is 0.223 e. The average Bonchev–Trinajstić information content (AvgIpc) is 3.03. The van der Waals surface area contributed by atoms with Crippen molar-refractivity contribution in [3.63, 3.8) is 0 Å². The summed E-state index contributed by atoms with van der Waals surface area (Å²) in [6.45, 7) is 2.05. The number of benzene rings is 1. The first kappa shape index (κ1) is 17.1. The molecule has 2 heterocycles. The molecule has 5 nitrogen and oxygen atoms in total. The molecule has 0 aliphatic rings. The van der Waals surface area contributed by atoms with E-state index in [0.29, 0.717) is 29.7 Å². The molecule has 6 heteroatoms. The summed E-state index contributed by atoms with van der Waals surface area (Å²) in [6, 6.07) is 8.29. The summed E-state index contributed by atoms with van der Waals surface area (Å²) in [7, 11) is 1.82. The minimum Gasteiger partial charge on any atom is -0.342 e. The number of aryl methyl sites for hydroxylation is 1. The minimum absolute atomic E-state index is 0.00553. The molecule has 1 aromatic carbocycles. The fraction of sp³-hybridized carbons (Fsp3) is 0.316. The Morgan fingerprint density at radius 2 is 2.20 bits per heavy atom. The van der Waals surface area contributed by atoms with Gasteiger partial charge in [0.2, 0.25) is 5.91 Å². The Kier molecular flexibility index (Phi) is 5.07. The third kappa shape index (κ3) is 3.84. The van der Waals surface area contributed by atoms with Crippen molar-refractivity contribution < 1.29 is 9.18 Å². The number of carbonyl (C=O) groups excluding carboxylic acids is 1. The van der Waals surface area contributed by atoms with E-state index in [9.17, 15) is 9.18 Å². The summed E-state index contributed by atoms with van der Waals surface area (Å²) < 4.78 is 13.2. The van der Waals surface area contributed by atoms with Gasteiger partial charge in [-0.15, -0.1) is 0 Å². The Morgan fingerprint density at radius 1 is 1.36 bits per heavy atom. The van der Waals surface area contributed by atoms with Crippen LogP contribution in [0.4, 0.5) is 4.39 Å². The zero-order valence-electron chi connectivity index (χ0n) is 14.4. The summed E-state index contributed by atoms with van der Waals surface area (Å²) in [5, 5.41) is 0. The molecule has 0 saturated heterocycles. The second-order valence-corrected chi connectivity index (χ2v) is 6.06. The molecule has 3 aromatic rings. The highest BCUT2D eigenvalue weighted by Gasteiger charge is 2.20. The van der Waals surface area contributed by atoms with E-state index in [0.717, 1.165) is 12.0 Å². The Morgan fingerprint density at radius 3 is 2.92 bits per heavy atom. The predicted molar refractivity (Wildman–Crippen MR) is 94.4 cm³/mol. The molecule has 1 atom stereocenters. The molecule has 0 aliphatic carbocycles. The largest absolute Gasteiger partial charge is 0.342 e. The van der Waals surface area contributed by atoms with Crippen molar-refractivity contribution in [3.05, 3.63) is 59.9 Å². The number of hydrogen-bond acceptors (Lipinski definition) is 3. The SMILES string of the molecule is CC[C@H](c1cccnc1)N(C)C(=O)CCc1nc2ccc(F)cc2[nH]1. The zero-order chi connectivity index (χ0) is 17.8. The first-order valence-electron chi connectivity index (χ1n) is 8.38. The number of amides is 1. The molecule has 0 aliphatic heterocycles. The van der Waals surface area contributed by atoms with Crippen LogP contribution in [0.5, 0.6) is 0 Å². The van der Waals surface area contributed by atoms with Crippen molar-refractivity contribution in [3.8, 4) is 0 Å². The minimum atomic E-state index is -0.305. The molecule has 0 bridgehead atoms. The molecule has 3 rings (SSSR count). The van der Waals surface area contributed by atoms with Crippen molar-refractivity contribution in [2.75, 3.05) is 7.05 Å². The number of nitrogens with one attached hydrogen (secondary N) is 1. The van der Waals surface area contributed by atoms with Gasteiger partial charge in [0, 0.05) is 32.3 Å². The van der Waals surface area contributed by atoms with Gasteiger partial charge in [0.15, 0.2) is 0 Å². The first-order valence-corrected chi connectivity index (χ1v) is 8.38. The number of H-pyrrole nitrogens is 1. The van der Waals surface area contributed by atoms with Crippen LogP contribution >= 0.6 is 0 Å². The van der Waals surface area contributed by atoms with Gasteiger partial charge in [-0.2, -0.15) is 0 Å². The molecule has 0 radical (unpaired) electrons. The van der Waals surface area contributed by atoms with Crippen molar-refractivity contribution >= 4 is 16.9 Å². The first-order chi connectivity index (χ1) is 12.1. The molecule has 25 heavy (non-hydrogen) atoms. The van der Waals surface area contributed by atoms with Crippen molar-refractivity contribution in [2.24, 2.45) is 0 Å². The van der Waals surface area contributed by atoms with Crippen molar-refractivity contribution in [2.45, 2.75) is 32.2 Å². The van der Waals surface area contributed by atoms with Gasteiger partial charge in [0.1, 0.15) is 11.6 Å². The summed E-state index contributed by atoms with van der Waals surface area (Å²) in [5.41, 5.74) is 2.39. The molecule has 1 amide bonds. The van der Waals surface area contributed by atoms with Crippen molar-refractivity contribution in [1.82, 2.24) is 19.9 Å². The lowest BCUT2D eigenvalue weighted by Gasteiger charge is -2.27. The number of halogens is 1. The van der Waals surface area contributed by atoms with Crippen LogP contribution in [0.3, 0.4) is 0 Å². The normalized spacial score (nSPS) is 12.3. The zero-order valence-corrected chi connectivity index (χ0v) is 14.4. The topological polar surface area (TPSA) is 61.9 Å². The summed E-state index contributed by atoms with van der Waals surface area (Å²) in [5.74, 6) is 0.430. The Bertz CT molecular complexity index is 862. The number of rotatable bonds is 6. The summed E-state index contributed by atoms with van der Waals surface area (Å²) >= 11 is 0. The standard InChI is InChI=1S/C19H21FN4O/c1-3-17(13-5-4-10-21-12-13)24(2)19(25)9-8-18-22-15-7-6-14(20)11-16(15)23-18/h4-7,10-12,17H,3,8-9H2,1-2H3,(H,22,23)/t17-/m1/s1. The van der Waals surface area contributed by atoms with Gasteiger partial charge in [0.05, 0.1) is 17.1 Å². The monoisotopic (exact) mass is 340 g/mol. The summed E-state index contributed by atoms with van der Waals surface area (Å²) in [6.07, 6.45) is 5.17. The Balaban J connectivity index is 1.66. The molecule has 0 spiro atoms. The van der Waals surface area contributed by atoms with E-state index < -0.39 is 0 Å². The molecule has 0 unspecified atom stereocenters. The lowest BCUT2D eigenvalue weighted by Crippen LogP contribution is -2.31. The molecule has 1 N–H and O–H groups in total. The van der Waals surface area contributed by atoms with E-state index >= 15 is 0 Å². The van der Waals surface area contributed by atoms with Gasteiger partial charge in [-0.05, 0) is 36.2 Å². The van der Waals surface area contributed by atoms with E-state index in [1.54, 1.807) is 23.4 Å². The number of imidazole rings is 1. The van der Waals surface area contributed by atoms with Crippen LogP contribution in [0.15, 0.2) is 42.7 Å². The van der Waals surface area contributed by atoms with Crippen LogP contribution in [-0.2, 0) is 11.2 Å². The lowest BCUT2D eigenvalue weighted by atomic mass is 10.0. The third-order valence-corrected chi connectivity index (χ3v) is 4.39. The number of pyridine rings is 1. The Hall–Kier alpha value is -2.76. The number of hydrogen-bond donors (Lipinski definition) is 1. The highest BCUT2D eigenvalue weighted by molar-refractivity contribution is 5.77. The van der Waals surface area contributed by atoms with Gasteiger partial charge < -0.3 is 9.88 Å². The van der Waals surface area contributed by atoms with Crippen LogP contribution in [0.25, 0.3) is 11.0 Å². The molecule has 2 aromatic heterocycles. The summed E-state index contributed by atoms with van der Waals surface area (Å²) in [4.78, 5) is 25.9. The highest BCUT2D eigenvalue weighted by Crippen LogP contribution is 2.23. The third-order valence-electron chi connectivity index (χ3n) is 4.39. The quantitative estimate of drug-likeness (QED) is 0.745. The second-order valence-electron chi connectivity index (χ2n) is 6.06. The van der Waals surface area contributed by atoms with E-state index in [-0.39, 0.29) is 17.8 Å². The van der Waals surface area contributed by atoms with E-state index in [2.05, 4.69) is 21.9 Å². The number of carbonyl (C=O) groups is 1. The maximum absolute atomic E-state index is 13.2. The van der Waals surface area contributed by atoms with Crippen LogP contribution in [-0.4, -0.2) is 32.8 Å². The number of fused-ring (bicyclic) bond motifs is 1. The molecule has 0 fully saturated rings. The molecular weight excluding hydrogens is 319 g/mol. The van der Waals surface area contributed by atoms with Crippen LogP contribution < -0.4 is 0 Å². The lowest BCUT2D eigenvalue weighted by molar-refractivity contribution is -0.132. The molecule has 0 saturated carbocycles. The van der Waals surface area contributed by atoms with Gasteiger partial charge in [-0.25, -0.2) is 9.37 Å². The molecule has 130 valence electrons. The highest BCUT2D eigenvalue weighted by atomic mass is 19.1. The Labute approximate surface area is 145 Å². The number of aromatic nitrogens is 3. The number of aromatic amines is 1. The van der Waals surface area contributed by atoms with Crippen LogP contribution in [0.2, 0.25) is 0 Å². The maximum atomic E-state index is 13.2. The van der Waals surface area contributed by atoms with E-state index in [1.165, 1.54) is 12.1 Å². The van der Waals surface area contributed by atoms with Gasteiger partial charge >= 0.3 is 0 Å². The number of nitrogens with zero attached hydrogens (tertiary/aromatic N) is 3. The van der Waals surface area contributed by atoms with Crippen LogP contribution in [0, 0.1) is 5.82 Å². The van der Waals surface area contributed by atoms with Gasteiger partial charge in [-0.1, -0.05) is 13.0 Å². The average molecular weight is 340 g/mol.